The van der Waals surface area contributed by atoms with Crippen LogP contribution in [0, 0.1) is 13.8 Å². The Balaban J connectivity index is 2.52. The average Bonchev–Trinajstić information content (AvgIpc) is 2.68. The molecular formula is C15H24N2O3S. The summed E-state index contributed by atoms with van der Waals surface area (Å²) >= 11 is 0. The van der Waals surface area contributed by atoms with Crippen molar-refractivity contribution in [3.63, 3.8) is 0 Å². The van der Waals surface area contributed by atoms with Crippen molar-refractivity contribution in [1.29, 1.82) is 0 Å². The van der Waals surface area contributed by atoms with E-state index in [1.54, 1.807) is 26.0 Å². The predicted molar refractivity (Wildman–Crippen MR) is 83.6 cm³/mol. The van der Waals surface area contributed by atoms with E-state index in [4.69, 9.17) is 5.73 Å². The van der Waals surface area contributed by atoms with Gasteiger partial charge in [0.1, 0.15) is 0 Å². The first-order valence-corrected chi connectivity index (χ1v) is 8.82. The number of aryl methyl sites for hydroxylation is 1. The molecule has 1 heterocycles. The summed E-state index contributed by atoms with van der Waals surface area (Å²) in [5.41, 5.74) is 7.65. The van der Waals surface area contributed by atoms with E-state index in [1.807, 2.05) is 0 Å². The predicted octanol–water partition coefficient (Wildman–Crippen LogP) is 1.81. The van der Waals surface area contributed by atoms with Crippen LogP contribution in [0.2, 0.25) is 0 Å². The molecule has 1 aromatic carbocycles. The molecule has 1 saturated heterocycles. The Kier molecular flexibility index (Phi) is 4.91. The van der Waals surface area contributed by atoms with Crippen molar-refractivity contribution in [3.05, 3.63) is 23.3 Å². The lowest BCUT2D eigenvalue weighted by Gasteiger charge is -2.29. The Morgan fingerprint density at radius 3 is 2.67 bits per heavy atom. The van der Waals surface area contributed by atoms with Gasteiger partial charge in [0.2, 0.25) is 10.0 Å². The highest BCUT2D eigenvalue weighted by atomic mass is 32.2. The van der Waals surface area contributed by atoms with Gasteiger partial charge in [-0.25, -0.2) is 8.42 Å². The summed E-state index contributed by atoms with van der Waals surface area (Å²) < 4.78 is 27.6. The van der Waals surface area contributed by atoms with Crippen LogP contribution in [0.15, 0.2) is 17.0 Å². The molecule has 0 saturated carbocycles. The molecule has 1 unspecified atom stereocenters. The van der Waals surface area contributed by atoms with Crippen molar-refractivity contribution in [2.75, 3.05) is 18.9 Å². The molecule has 0 aliphatic carbocycles. The Labute approximate surface area is 126 Å². The number of hydrogen-bond donors (Lipinski definition) is 2. The van der Waals surface area contributed by atoms with Gasteiger partial charge in [0.15, 0.2) is 0 Å². The SMILES string of the molecule is Cc1ccc(N)c(C)c1S(=O)(=O)N1CCCCCC1CO. The van der Waals surface area contributed by atoms with Crippen LogP contribution >= 0.6 is 0 Å². The normalized spacial score (nSPS) is 21.2. The monoisotopic (exact) mass is 312 g/mol. The second-order valence-electron chi connectivity index (χ2n) is 5.73. The van der Waals surface area contributed by atoms with Crippen LogP contribution in [-0.2, 0) is 10.0 Å². The smallest absolute Gasteiger partial charge is 0.244 e. The molecule has 118 valence electrons. The molecule has 0 spiro atoms. The number of benzene rings is 1. The van der Waals surface area contributed by atoms with Gasteiger partial charge in [0.25, 0.3) is 0 Å². The number of aliphatic hydroxyl groups excluding tert-OH is 1. The minimum absolute atomic E-state index is 0.139. The number of anilines is 1. The highest BCUT2D eigenvalue weighted by molar-refractivity contribution is 7.89. The van der Waals surface area contributed by atoms with Gasteiger partial charge in [-0.15, -0.1) is 0 Å². The fraction of sp³-hybridized carbons (Fsp3) is 0.600. The van der Waals surface area contributed by atoms with Crippen molar-refractivity contribution in [2.24, 2.45) is 0 Å². The molecule has 1 aromatic rings. The van der Waals surface area contributed by atoms with Crippen LogP contribution in [0.3, 0.4) is 0 Å². The zero-order valence-corrected chi connectivity index (χ0v) is 13.5. The first kappa shape index (κ1) is 16.3. The third-order valence-electron chi connectivity index (χ3n) is 4.25. The number of nitrogens with zero attached hydrogens (tertiary/aromatic N) is 1. The highest BCUT2D eigenvalue weighted by Gasteiger charge is 2.34. The average molecular weight is 312 g/mol. The standard InChI is InChI=1S/C15H24N2O3S/c1-11-7-8-14(16)12(2)15(11)21(19,20)17-9-5-3-4-6-13(17)10-18/h7-8,13,18H,3-6,9-10,16H2,1-2H3. The maximum atomic E-state index is 13.1. The molecule has 1 aliphatic rings. The van der Waals surface area contributed by atoms with Crippen LogP contribution in [0.25, 0.3) is 0 Å². The van der Waals surface area contributed by atoms with E-state index in [9.17, 15) is 13.5 Å². The van der Waals surface area contributed by atoms with Crippen LogP contribution in [0.5, 0.6) is 0 Å². The quantitative estimate of drug-likeness (QED) is 0.834. The number of aliphatic hydroxyl groups is 1. The Morgan fingerprint density at radius 1 is 1.29 bits per heavy atom. The second kappa shape index (κ2) is 6.34. The summed E-state index contributed by atoms with van der Waals surface area (Å²) in [6.07, 6.45) is 3.48. The van der Waals surface area contributed by atoms with Gasteiger partial charge in [-0.2, -0.15) is 4.31 Å². The Bertz CT molecular complexity index is 614. The number of rotatable bonds is 3. The van der Waals surface area contributed by atoms with Crippen molar-refractivity contribution in [2.45, 2.75) is 50.5 Å². The largest absolute Gasteiger partial charge is 0.398 e. The Hall–Kier alpha value is -1.11. The van der Waals surface area contributed by atoms with E-state index < -0.39 is 10.0 Å². The summed E-state index contributed by atoms with van der Waals surface area (Å²) in [6.45, 7) is 3.84. The van der Waals surface area contributed by atoms with Gasteiger partial charge in [-0.1, -0.05) is 18.9 Å². The molecule has 1 fully saturated rings. The molecule has 0 radical (unpaired) electrons. The fourth-order valence-electron chi connectivity index (χ4n) is 3.01. The van der Waals surface area contributed by atoms with Gasteiger partial charge in [0.05, 0.1) is 11.5 Å². The minimum atomic E-state index is -3.64. The number of nitrogens with two attached hydrogens (primary N) is 1. The lowest BCUT2D eigenvalue weighted by molar-refractivity contribution is 0.186. The molecular weight excluding hydrogens is 288 g/mol. The van der Waals surface area contributed by atoms with Crippen LogP contribution in [0.1, 0.15) is 36.8 Å². The lowest BCUT2D eigenvalue weighted by Crippen LogP contribution is -2.42. The lowest BCUT2D eigenvalue weighted by atomic mass is 10.1. The second-order valence-corrected chi connectivity index (χ2v) is 7.55. The maximum absolute atomic E-state index is 13.1. The highest BCUT2D eigenvalue weighted by Crippen LogP contribution is 2.31. The maximum Gasteiger partial charge on any atom is 0.244 e. The van der Waals surface area contributed by atoms with Crippen molar-refractivity contribution < 1.29 is 13.5 Å². The molecule has 5 nitrogen and oxygen atoms in total. The van der Waals surface area contributed by atoms with Gasteiger partial charge >= 0.3 is 0 Å². The number of sulfonamides is 1. The minimum Gasteiger partial charge on any atom is -0.398 e. The summed E-state index contributed by atoms with van der Waals surface area (Å²) in [5.74, 6) is 0. The molecule has 0 bridgehead atoms. The summed E-state index contributed by atoms with van der Waals surface area (Å²) in [5, 5.41) is 9.56. The van der Waals surface area contributed by atoms with Gasteiger partial charge in [-0.3, -0.25) is 0 Å². The van der Waals surface area contributed by atoms with E-state index in [0.717, 1.165) is 19.3 Å². The molecule has 6 heteroatoms. The zero-order chi connectivity index (χ0) is 15.6. The molecule has 1 aliphatic heterocycles. The molecule has 3 N–H and O–H groups in total. The third kappa shape index (κ3) is 3.07. The van der Waals surface area contributed by atoms with Crippen LogP contribution < -0.4 is 5.73 Å². The Morgan fingerprint density at radius 2 is 2.00 bits per heavy atom. The fourth-order valence-corrected chi connectivity index (χ4v) is 5.15. The van der Waals surface area contributed by atoms with Gasteiger partial charge in [-0.05, 0) is 43.9 Å². The summed E-state index contributed by atoms with van der Waals surface area (Å²) in [7, 11) is -3.64. The van der Waals surface area contributed by atoms with E-state index in [-0.39, 0.29) is 12.6 Å². The number of hydrogen-bond acceptors (Lipinski definition) is 4. The van der Waals surface area contributed by atoms with Crippen molar-refractivity contribution in [1.82, 2.24) is 4.31 Å². The number of nitrogen functional groups attached to an aromatic ring is 1. The summed E-state index contributed by atoms with van der Waals surface area (Å²) in [4.78, 5) is 0.294. The van der Waals surface area contributed by atoms with Crippen LogP contribution in [0.4, 0.5) is 5.69 Å². The van der Waals surface area contributed by atoms with Crippen molar-refractivity contribution in [3.8, 4) is 0 Å². The van der Waals surface area contributed by atoms with E-state index in [2.05, 4.69) is 0 Å². The zero-order valence-electron chi connectivity index (χ0n) is 12.7. The molecule has 21 heavy (non-hydrogen) atoms. The van der Waals surface area contributed by atoms with E-state index >= 15 is 0 Å². The molecule has 1 atom stereocenters. The third-order valence-corrected chi connectivity index (χ3v) is 6.49. The molecule has 2 rings (SSSR count). The van der Waals surface area contributed by atoms with E-state index in [1.165, 1.54) is 4.31 Å². The van der Waals surface area contributed by atoms with E-state index in [0.29, 0.717) is 34.7 Å². The molecule has 0 aromatic heterocycles. The van der Waals surface area contributed by atoms with Gasteiger partial charge in [0, 0.05) is 18.3 Å². The van der Waals surface area contributed by atoms with Crippen LogP contribution in [-0.4, -0.2) is 37.0 Å². The summed E-state index contributed by atoms with van der Waals surface area (Å²) in [6, 6.07) is 3.13. The van der Waals surface area contributed by atoms with Gasteiger partial charge < -0.3 is 10.8 Å². The molecule has 0 amide bonds. The topological polar surface area (TPSA) is 83.6 Å². The first-order chi connectivity index (χ1) is 9.89. The van der Waals surface area contributed by atoms with Crippen molar-refractivity contribution >= 4 is 15.7 Å². The first-order valence-electron chi connectivity index (χ1n) is 7.38.